The van der Waals surface area contributed by atoms with Crippen molar-refractivity contribution < 1.29 is 23.8 Å². The van der Waals surface area contributed by atoms with Crippen molar-refractivity contribution >= 4 is 19.9 Å². The van der Waals surface area contributed by atoms with Gasteiger partial charge in [-0.05, 0) is 46.4 Å². The van der Waals surface area contributed by atoms with Crippen molar-refractivity contribution in [2.75, 3.05) is 13.7 Å². The molecule has 1 aliphatic carbocycles. The molecule has 7 heteroatoms. The zero-order chi connectivity index (χ0) is 16.8. The average molecular weight is 313 g/mol. The minimum atomic E-state index is -0.572. The molecule has 22 heavy (non-hydrogen) atoms. The van der Waals surface area contributed by atoms with Crippen LogP contribution >= 0.6 is 0 Å². The lowest BCUT2D eigenvalue weighted by molar-refractivity contribution is -0.151. The molecule has 1 amide bonds. The Labute approximate surface area is 133 Å². The van der Waals surface area contributed by atoms with Crippen LogP contribution in [0.2, 0.25) is 6.32 Å². The fourth-order valence-corrected chi connectivity index (χ4v) is 2.56. The van der Waals surface area contributed by atoms with Crippen LogP contribution in [0.3, 0.4) is 0 Å². The minimum Gasteiger partial charge on any atom is -0.466 e. The van der Waals surface area contributed by atoms with Crippen molar-refractivity contribution in [3.63, 3.8) is 0 Å². The molecule has 0 heterocycles. The Bertz CT molecular complexity index is 383. The summed E-state index contributed by atoms with van der Waals surface area (Å²) in [5.74, 6) is -0.595. The molecule has 0 aromatic heterocycles. The Balaban J connectivity index is 2.69. The van der Waals surface area contributed by atoms with Crippen LogP contribution in [-0.2, 0) is 19.0 Å². The van der Waals surface area contributed by atoms with E-state index in [9.17, 15) is 9.59 Å². The summed E-state index contributed by atoms with van der Waals surface area (Å²) in [4.78, 5) is 24.2. The largest absolute Gasteiger partial charge is 0.466 e. The van der Waals surface area contributed by atoms with Crippen LogP contribution < -0.4 is 5.32 Å². The molecule has 0 aromatic carbocycles. The average Bonchev–Trinajstić information content (AvgIpc) is 2.42. The lowest BCUT2D eigenvalue weighted by Crippen LogP contribution is -2.50. The standard InChI is InChI=1S/C15H28BNO5/c1-15(2,3)22-14(19)17-12-9-10(20-4)5-6-11(12)13(18)21-8-7-16/h10-12H,5-9,16H2,1-4H3,(H,17,19)/t10-,11-,12-/m0/s1. The highest BCUT2D eigenvalue weighted by atomic mass is 16.6. The Kier molecular flexibility index (Phi) is 7.19. The van der Waals surface area contributed by atoms with E-state index in [1.165, 1.54) is 0 Å². The van der Waals surface area contributed by atoms with Crippen LogP contribution in [-0.4, -0.2) is 51.4 Å². The van der Waals surface area contributed by atoms with Crippen LogP contribution in [0, 0.1) is 5.92 Å². The number of carbonyl (C=O) groups is 2. The highest BCUT2D eigenvalue weighted by Gasteiger charge is 2.37. The smallest absolute Gasteiger partial charge is 0.407 e. The van der Waals surface area contributed by atoms with Gasteiger partial charge in [-0.15, -0.1) is 0 Å². The lowest BCUT2D eigenvalue weighted by atomic mass is 9.83. The first-order chi connectivity index (χ1) is 10.3. The molecular formula is C15H28BNO5. The first kappa shape index (κ1) is 18.8. The van der Waals surface area contributed by atoms with E-state index in [-0.39, 0.29) is 24.0 Å². The second kappa shape index (κ2) is 8.41. The van der Waals surface area contributed by atoms with Crippen LogP contribution in [0.15, 0.2) is 0 Å². The lowest BCUT2D eigenvalue weighted by Gasteiger charge is -2.35. The number of hydrogen-bond acceptors (Lipinski definition) is 5. The Morgan fingerprint density at radius 3 is 2.50 bits per heavy atom. The van der Waals surface area contributed by atoms with Gasteiger partial charge in [-0.3, -0.25) is 4.79 Å². The molecule has 1 rings (SSSR count). The first-order valence-corrected chi connectivity index (χ1v) is 7.95. The molecule has 3 atom stereocenters. The van der Waals surface area contributed by atoms with Gasteiger partial charge in [0.1, 0.15) is 13.4 Å². The number of amides is 1. The molecule has 0 aromatic rings. The zero-order valence-corrected chi connectivity index (χ0v) is 14.3. The summed E-state index contributed by atoms with van der Waals surface area (Å²) in [6.07, 6.45) is 2.32. The number of methoxy groups -OCH3 is 1. The number of esters is 1. The summed E-state index contributed by atoms with van der Waals surface area (Å²) >= 11 is 0. The monoisotopic (exact) mass is 313 g/mol. The molecule has 126 valence electrons. The van der Waals surface area contributed by atoms with Crippen molar-refractivity contribution in [1.29, 1.82) is 0 Å². The van der Waals surface area contributed by atoms with Gasteiger partial charge in [0, 0.05) is 13.2 Å². The molecular weight excluding hydrogens is 285 g/mol. The first-order valence-electron chi connectivity index (χ1n) is 7.95. The second-order valence-corrected chi connectivity index (χ2v) is 6.70. The number of rotatable bonds is 5. The number of alkyl carbamates (subject to hydrolysis) is 1. The summed E-state index contributed by atoms with van der Waals surface area (Å²) in [6.45, 7) is 5.82. The summed E-state index contributed by atoms with van der Waals surface area (Å²) in [7, 11) is 3.59. The molecule has 1 aliphatic rings. The van der Waals surface area contributed by atoms with E-state index in [1.54, 1.807) is 27.9 Å². The van der Waals surface area contributed by atoms with E-state index < -0.39 is 11.7 Å². The Hall–Kier alpha value is -1.24. The SMILES string of the molecule is BCCOC(=O)[C@H]1CC[C@H](OC)C[C@@H]1NC(=O)OC(C)(C)C. The number of ether oxygens (including phenoxy) is 3. The van der Waals surface area contributed by atoms with Gasteiger partial charge in [0.25, 0.3) is 0 Å². The third kappa shape index (κ3) is 6.26. The quantitative estimate of drug-likeness (QED) is 0.611. The highest BCUT2D eigenvalue weighted by molar-refractivity contribution is 6.08. The molecule has 1 saturated carbocycles. The predicted octanol–water partition coefficient (Wildman–Crippen LogP) is 1.29. The Morgan fingerprint density at radius 2 is 1.95 bits per heavy atom. The number of nitrogens with one attached hydrogen (secondary N) is 1. The van der Waals surface area contributed by atoms with Gasteiger partial charge in [0.15, 0.2) is 0 Å². The van der Waals surface area contributed by atoms with Crippen molar-refractivity contribution in [2.45, 2.75) is 64.1 Å². The van der Waals surface area contributed by atoms with Crippen molar-refractivity contribution in [3.8, 4) is 0 Å². The predicted molar refractivity (Wildman–Crippen MR) is 85.6 cm³/mol. The molecule has 1 N–H and O–H groups in total. The van der Waals surface area contributed by atoms with Gasteiger partial charge in [-0.2, -0.15) is 0 Å². The third-order valence-electron chi connectivity index (χ3n) is 3.59. The molecule has 6 nitrogen and oxygen atoms in total. The Morgan fingerprint density at radius 1 is 1.27 bits per heavy atom. The van der Waals surface area contributed by atoms with E-state index in [2.05, 4.69) is 5.32 Å². The van der Waals surface area contributed by atoms with E-state index in [0.717, 1.165) is 12.7 Å². The molecule has 0 saturated heterocycles. The fourth-order valence-electron chi connectivity index (χ4n) is 2.56. The van der Waals surface area contributed by atoms with Crippen molar-refractivity contribution in [3.05, 3.63) is 0 Å². The summed E-state index contributed by atoms with van der Waals surface area (Å²) in [5, 5.41) is 2.81. The fraction of sp³-hybridized carbons (Fsp3) is 0.867. The zero-order valence-electron chi connectivity index (χ0n) is 14.3. The second-order valence-electron chi connectivity index (χ2n) is 6.70. The molecule has 0 radical (unpaired) electrons. The maximum absolute atomic E-state index is 12.2. The van der Waals surface area contributed by atoms with Gasteiger partial charge in [0.2, 0.25) is 0 Å². The normalized spacial score (nSPS) is 25.4. The van der Waals surface area contributed by atoms with Crippen LogP contribution in [0.1, 0.15) is 40.0 Å². The molecule has 1 fully saturated rings. The van der Waals surface area contributed by atoms with Gasteiger partial charge >= 0.3 is 12.1 Å². The minimum absolute atomic E-state index is 0.0372. The molecule has 0 bridgehead atoms. The number of carbonyl (C=O) groups excluding carboxylic acids is 2. The maximum atomic E-state index is 12.2. The number of hydrogen-bond donors (Lipinski definition) is 1. The van der Waals surface area contributed by atoms with E-state index >= 15 is 0 Å². The summed E-state index contributed by atoms with van der Waals surface area (Å²) in [6, 6.07) is -0.321. The molecule has 0 spiro atoms. The van der Waals surface area contributed by atoms with Crippen LogP contribution in [0.4, 0.5) is 4.79 Å². The molecule has 0 aliphatic heterocycles. The third-order valence-corrected chi connectivity index (χ3v) is 3.59. The van der Waals surface area contributed by atoms with Gasteiger partial charge in [-0.25, -0.2) is 4.79 Å². The van der Waals surface area contributed by atoms with Crippen LogP contribution in [0.25, 0.3) is 0 Å². The van der Waals surface area contributed by atoms with Gasteiger partial charge < -0.3 is 19.5 Å². The summed E-state index contributed by atoms with van der Waals surface area (Å²) < 4.78 is 15.9. The summed E-state index contributed by atoms with van der Waals surface area (Å²) in [5.41, 5.74) is -0.572. The van der Waals surface area contributed by atoms with E-state index in [0.29, 0.717) is 19.4 Å². The van der Waals surface area contributed by atoms with E-state index in [4.69, 9.17) is 14.2 Å². The van der Waals surface area contributed by atoms with E-state index in [1.807, 2.05) is 7.85 Å². The maximum Gasteiger partial charge on any atom is 0.407 e. The topological polar surface area (TPSA) is 73.9 Å². The highest BCUT2D eigenvalue weighted by Crippen LogP contribution is 2.28. The molecule has 0 unspecified atom stereocenters. The van der Waals surface area contributed by atoms with Gasteiger partial charge in [-0.1, -0.05) is 0 Å². The van der Waals surface area contributed by atoms with Crippen molar-refractivity contribution in [1.82, 2.24) is 5.32 Å². The van der Waals surface area contributed by atoms with Crippen molar-refractivity contribution in [2.24, 2.45) is 5.92 Å². The van der Waals surface area contributed by atoms with Crippen LogP contribution in [0.5, 0.6) is 0 Å². The van der Waals surface area contributed by atoms with Gasteiger partial charge in [0.05, 0.1) is 18.6 Å².